The van der Waals surface area contributed by atoms with Gasteiger partial charge in [-0.05, 0) is 57.0 Å². The van der Waals surface area contributed by atoms with Crippen molar-refractivity contribution in [3.8, 4) is 0 Å². The molecule has 1 aliphatic carbocycles. The fourth-order valence-corrected chi connectivity index (χ4v) is 4.25. The summed E-state index contributed by atoms with van der Waals surface area (Å²) in [6.07, 6.45) is 5.48. The van der Waals surface area contributed by atoms with Crippen molar-refractivity contribution in [3.63, 3.8) is 0 Å². The molecule has 118 valence electrons. The van der Waals surface area contributed by atoms with Crippen molar-refractivity contribution >= 4 is 10.2 Å². The summed E-state index contributed by atoms with van der Waals surface area (Å²) in [4.78, 5) is 0. The van der Waals surface area contributed by atoms with Crippen LogP contribution >= 0.6 is 0 Å². The van der Waals surface area contributed by atoms with Gasteiger partial charge in [0.05, 0.1) is 0 Å². The lowest BCUT2D eigenvalue weighted by molar-refractivity contribution is 0.253. The summed E-state index contributed by atoms with van der Waals surface area (Å²) in [5.74, 6) is 1.23. The predicted octanol–water partition coefficient (Wildman–Crippen LogP) is 1.28. The third-order valence-corrected chi connectivity index (χ3v) is 6.32. The summed E-state index contributed by atoms with van der Waals surface area (Å²) in [5, 5.41) is 3.44. The van der Waals surface area contributed by atoms with Gasteiger partial charge in [-0.3, -0.25) is 0 Å². The van der Waals surface area contributed by atoms with Crippen molar-refractivity contribution in [3.05, 3.63) is 0 Å². The van der Waals surface area contributed by atoms with Crippen molar-refractivity contribution in [2.75, 3.05) is 39.8 Å². The normalized spacial score (nSPS) is 22.6. The van der Waals surface area contributed by atoms with Crippen LogP contribution in [0, 0.1) is 11.8 Å². The Bertz CT molecular complexity index is 387. The molecule has 5 nitrogen and oxygen atoms in total. The van der Waals surface area contributed by atoms with E-state index in [4.69, 9.17) is 0 Å². The summed E-state index contributed by atoms with van der Waals surface area (Å²) >= 11 is 0. The first-order valence-corrected chi connectivity index (χ1v) is 9.36. The highest BCUT2D eigenvalue weighted by molar-refractivity contribution is 7.86. The molecule has 0 atom stereocenters. The lowest BCUT2D eigenvalue weighted by Crippen LogP contribution is -2.47. The molecule has 2 rings (SSSR count). The summed E-state index contributed by atoms with van der Waals surface area (Å²) in [5.41, 5.74) is 0. The number of nitrogens with one attached hydrogen (secondary N) is 1. The van der Waals surface area contributed by atoms with Crippen LogP contribution in [-0.4, -0.2) is 56.8 Å². The van der Waals surface area contributed by atoms with E-state index in [2.05, 4.69) is 12.2 Å². The summed E-state index contributed by atoms with van der Waals surface area (Å²) < 4.78 is 28.1. The molecule has 1 aliphatic heterocycles. The molecule has 1 N–H and O–H groups in total. The summed E-state index contributed by atoms with van der Waals surface area (Å²) in [6, 6.07) is 0. The molecule has 0 bridgehead atoms. The molecule has 2 aliphatic rings. The second-order valence-corrected chi connectivity index (χ2v) is 8.31. The van der Waals surface area contributed by atoms with Gasteiger partial charge in [0, 0.05) is 26.7 Å². The molecule has 1 saturated carbocycles. The monoisotopic (exact) mass is 303 g/mol. The molecular weight excluding hydrogens is 274 g/mol. The smallest absolute Gasteiger partial charge is 0.281 e. The van der Waals surface area contributed by atoms with Crippen LogP contribution in [0.25, 0.3) is 0 Å². The van der Waals surface area contributed by atoms with E-state index in [0.717, 1.165) is 32.4 Å². The van der Waals surface area contributed by atoms with Gasteiger partial charge in [-0.15, -0.1) is 0 Å². The first-order chi connectivity index (χ1) is 9.54. The van der Waals surface area contributed by atoms with E-state index in [1.54, 1.807) is 15.7 Å². The van der Waals surface area contributed by atoms with E-state index in [0.29, 0.717) is 31.5 Å². The minimum absolute atomic E-state index is 0.602. The summed E-state index contributed by atoms with van der Waals surface area (Å²) in [6.45, 7) is 6.30. The van der Waals surface area contributed by atoms with Gasteiger partial charge in [0.25, 0.3) is 10.2 Å². The highest BCUT2D eigenvalue weighted by Gasteiger charge is 2.34. The molecule has 0 aromatic carbocycles. The zero-order chi connectivity index (χ0) is 14.6. The van der Waals surface area contributed by atoms with E-state index in [1.165, 1.54) is 12.8 Å². The molecule has 0 spiro atoms. The molecule has 0 unspecified atom stereocenters. The Morgan fingerprint density at radius 1 is 1.15 bits per heavy atom. The Hall–Kier alpha value is -0.170. The van der Waals surface area contributed by atoms with Crippen LogP contribution < -0.4 is 5.32 Å². The van der Waals surface area contributed by atoms with Gasteiger partial charge in [-0.2, -0.15) is 17.0 Å². The van der Waals surface area contributed by atoms with Crippen LogP contribution in [0.4, 0.5) is 0 Å². The van der Waals surface area contributed by atoms with Gasteiger partial charge in [0.2, 0.25) is 0 Å². The minimum Gasteiger partial charge on any atom is -0.316 e. The highest BCUT2D eigenvalue weighted by atomic mass is 32.2. The van der Waals surface area contributed by atoms with Crippen LogP contribution in [0.15, 0.2) is 0 Å². The van der Waals surface area contributed by atoms with Gasteiger partial charge in [0.1, 0.15) is 0 Å². The van der Waals surface area contributed by atoms with Crippen LogP contribution in [0.1, 0.15) is 39.0 Å². The number of nitrogens with zero attached hydrogens (tertiary/aromatic N) is 2. The zero-order valence-corrected chi connectivity index (χ0v) is 13.7. The Labute approximate surface area is 123 Å². The van der Waals surface area contributed by atoms with E-state index in [-0.39, 0.29) is 0 Å². The van der Waals surface area contributed by atoms with Crippen molar-refractivity contribution < 1.29 is 8.42 Å². The van der Waals surface area contributed by atoms with Crippen molar-refractivity contribution in [2.45, 2.75) is 39.0 Å². The second-order valence-electron chi connectivity index (χ2n) is 6.28. The van der Waals surface area contributed by atoms with Crippen molar-refractivity contribution in [1.29, 1.82) is 0 Å². The van der Waals surface area contributed by atoms with Gasteiger partial charge in [-0.25, -0.2) is 0 Å². The lowest BCUT2D eigenvalue weighted by Gasteiger charge is -2.33. The number of rotatable bonds is 8. The number of hydrogen-bond acceptors (Lipinski definition) is 3. The Morgan fingerprint density at radius 2 is 1.80 bits per heavy atom. The highest BCUT2D eigenvalue weighted by Crippen LogP contribution is 2.31. The maximum atomic E-state index is 12.5. The number of hydrogen-bond donors (Lipinski definition) is 1. The summed E-state index contributed by atoms with van der Waals surface area (Å²) in [7, 11) is -1.49. The molecule has 0 amide bonds. The third-order valence-electron chi connectivity index (χ3n) is 4.37. The molecule has 20 heavy (non-hydrogen) atoms. The lowest BCUT2D eigenvalue weighted by atomic mass is 9.98. The average Bonchev–Trinajstić information content (AvgIpc) is 3.23. The second kappa shape index (κ2) is 7.20. The maximum absolute atomic E-state index is 12.5. The van der Waals surface area contributed by atoms with Crippen LogP contribution in [0.5, 0.6) is 0 Å². The van der Waals surface area contributed by atoms with Crippen molar-refractivity contribution in [2.24, 2.45) is 11.8 Å². The third kappa shape index (κ3) is 4.41. The minimum atomic E-state index is -3.22. The fourth-order valence-electron chi connectivity index (χ4n) is 2.78. The Morgan fingerprint density at radius 3 is 2.35 bits per heavy atom. The van der Waals surface area contributed by atoms with E-state index in [1.807, 2.05) is 0 Å². The molecule has 2 fully saturated rings. The molecular formula is C14H29N3O2S. The molecule has 0 aromatic rings. The molecule has 1 heterocycles. The maximum Gasteiger partial charge on any atom is 0.281 e. The average molecular weight is 303 g/mol. The number of piperidine rings is 1. The van der Waals surface area contributed by atoms with E-state index >= 15 is 0 Å². The zero-order valence-electron chi connectivity index (χ0n) is 12.8. The SMILES string of the molecule is CCCNCC1CCN(S(=O)(=O)N(C)CC2CC2)CC1. The molecule has 0 radical (unpaired) electrons. The predicted molar refractivity (Wildman–Crippen MR) is 81.7 cm³/mol. The molecule has 1 saturated heterocycles. The standard InChI is InChI=1S/C14H29N3O2S/c1-3-8-15-11-13-6-9-17(10-7-13)20(18,19)16(2)12-14-4-5-14/h13-15H,3-12H2,1-2H3. The van der Waals surface area contributed by atoms with Gasteiger partial charge >= 0.3 is 0 Å². The van der Waals surface area contributed by atoms with Crippen LogP contribution in [-0.2, 0) is 10.2 Å². The van der Waals surface area contributed by atoms with Crippen molar-refractivity contribution in [1.82, 2.24) is 13.9 Å². The van der Waals surface area contributed by atoms with Crippen LogP contribution in [0.3, 0.4) is 0 Å². The van der Waals surface area contributed by atoms with E-state index in [9.17, 15) is 8.42 Å². The first-order valence-electron chi connectivity index (χ1n) is 7.96. The molecule has 6 heteroatoms. The topological polar surface area (TPSA) is 52.7 Å². The fraction of sp³-hybridized carbons (Fsp3) is 1.00. The van der Waals surface area contributed by atoms with Gasteiger partial charge < -0.3 is 5.32 Å². The van der Waals surface area contributed by atoms with E-state index < -0.39 is 10.2 Å². The Kier molecular flexibility index (Phi) is 5.84. The van der Waals surface area contributed by atoms with Gasteiger partial charge in [0.15, 0.2) is 0 Å². The molecule has 0 aromatic heterocycles. The first kappa shape index (κ1) is 16.2. The quantitative estimate of drug-likeness (QED) is 0.687. The van der Waals surface area contributed by atoms with Crippen LogP contribution in [0.2, 0.25) is 0 Å². The largest absolute Gasteiger partial charge is 0.316 e. The Balaban J connectivity index is 1.76. The van der Waals surface area contributed by atoms with Gasteiger partial charge in [-0.1, -0.05) is 6.92 Å².